The van der Waals surface area contributed by atoms with Gasteiger partial charge in [0, 0.05) is 4.88 Å². The summed E-state index contributed by atoms with van der Waals surface area (Å²) in [5.74, 6) is 0.136. The maximum absolute atomic E-state index is 12.6. The van der Waals surface area contributed by atoms with Crippen molar-refractivity contribution in [3.63, 3.8) is 0 Å². The number of hydrogen-bond donors (Lipinski definition) is 2. The zero-order valence-corrected chi connectivity index (χ0v) is 14.5. The topological polar surface area (TPSA) is 71.3 Å². The lowest BCUT2D eigenvalue weighted by atomic mass is 9.96. The minimum Gasteiger partial charge on any atom is -0.459 e. The van der Waals surface area contributed by atoms with E-state index < -0.39 is 6.04 Å². The Balaban J connectivity index is 1.63. The second kappa shape index (κ2) is 7.66. The average Bonchev–Trinajstić information content (AvgIpc) is 3.35. The quantitative estimate of drug-likeness (QED) is 0.841. The van der Waals surface area contributed by atoms with Gasteiger partial charge in [-0.2, -0.15) is 0 Å². The van der Waals surface area contributed by atoms with Gasteiger partial charge >= 0.3 is 0 Å². The van der Waals surface area contributed by atoms with Crippen LogP contribution in [0.2, 0.25) is 0 Å². The Labute approximate surface area is 145 Å². The molecule has 1 aliphatic rings. The van der Waals surface area contributed by atoms with Gasteiger partial charge in [-0.05, 0) is 49.3 Å². The molecule has 2 atom stereocenters. The van der Waals surface area contributed by atoms with Gasteiger partial charge in [0.05, 0.1) is 12.3 Å². The number of rotatable bonds is 6. The summed E-state index contributed by atoms with van der Waals surface area (Å²) < 4.78 is 5.06. The van der Waals surface area contributed by atoms with Crippen LogP contribution in [0.1, 0.15) is 54.1 Å². The van der Waals surface area contributed by atoms with Gasteiger partial charge in [0.15, 0.2) is 5.76 Å². The smallest absolute Gasteiger partial charge is 0.287 e. The molecule has 0 unspecified atom stereocenters. The minimum absolute atomic E-state index is 0.0305. The summed E-state index contributed by atoms with van der Waals surface area (Å²) >= 11 is 1.67. The summed E-state index contributed by atoms with van der Waals surface area (Å²) in [4.78, 5) is 25.7. The van der Waals surface area contributed by atoms with E-state index in [4.69, 9.17) is 4.42 Å². The van der Waals surface area contributed by atoms with Gasteiger partial charge in [0.2, 0.25) is 5.91 Å². The maximum atomic E-state index is 12.6. The molecular weight excluding hydrogens is 324 g/mol. The molecule has 2 heterocycles. The predicted molar refractivity (Wildman–Crippen MR) is 92.8 cm³/mol. The minimum atomic E-state index is -0.619. The Morgan fingerprint density at radius 2 is 2.00 bits per heavy atom. The molecule has 1 saturated carbocycles. The fourth-order valence-corrected chi connectivity index (χ4v) is 4.07. The van der Waals surface area contributed by atoms with Crippen molar-refractivity contribution in [2.75, 3.05) is 0 Å². The molecule has 0 radical (unpaired) electrons. The van der Waals surface area contributed by atoms with Gasteiger partial charge in [-0.1, -0.05) is 18.9 Å². The Kier molecular flexibility index (Phi) is 5.35. The Bertz CT molecular complexity index is 661. The molecule has 2 aromatic rings. The highest BCUT2D eigenvalue weighted by Gasteiger charge is 2.30. The van der Waals surface area contributed by atoms with Crippen LogP contribution in [0.5, 0.6) is 0 Å². The largest absolute Gasteiger partial charge is 0.459 e. The van der Waals surface area contributed by atoms with E-state index in [0.29, 0.717) is 5.92 Å². The van der Waals surface area contributed by atoms with Crippen molar-refractivity contribution < 1.29 is 14.0 Å². The van der Waals surface area contributed by atoms with Crippen molar-refractivity contribution in [1.29, 1.82) is 0 Å². The van der Waals surface area contributed by atoms with Crippen LogP contribution in [0.3, 0.4) is 0 Å². The standard InChI is InChI=1S/C18H22N2O3S/c1-12(19-18(22)14-8-4-10-23-14)17(21)20-16(13-6-2-3-7-13)15-9-5-11-24-15/h4-5,8-13,16H,2-3,6-7H2,1H3,(H,19,22)(H,20,21)/t12-,16+/m1/s1. The molecule has 1 fully saturated rings. The molecule has 0 aliphatic heterocycles. The van der Waals surface area contributed by atoms with Crippen LogP contribution in [0.4, 0.5) is 0 Å². The molecule has 1 aliphatic carbocycles. The lowest BCUT2D eigenvalue weighted by Gasteiger charge is -2.25. The number of thiophene rings is 1. The van der Waals surface area contributed by atoms with Crippen molar-refractivity contribution in [2.45, 2.75) is 44.7 Å². The van der Waals surface area contributed by atoms with E-state index in [1.165, 1.54) is 24.0 Å². The van der Waals surface area contributed by atoms with Crippen LogP contribution in [0.25, 0.3) is 0 Å². The van der Waals surface area contributed by atoms with Gasteiger partial charge in [-0.25, -0.2) is 0 Å². The van der Waals surface area contributed by atoms with Crippen molar-refractivity contribution in [2.24, 2.45) is 5.92 Å². The zero-order valence-electron chi connectivity index (χ0n) is 13.7. The summed E-state index contributed by atoms with van der Waals surface area (Å²) in [7, 11) is 0. The monoisotopic (exact) mass is 346 g/mol. The Morgan fingerprint density at radius 1 is 1.21 bits per heavy atom. The highest BCUT2D eigenvalue weighted by Crippen LogP contribution is 2.37. The van der Waals surface area contributed by atoms with E-state index in [1.807, 2.05) is 11.4 Å². The van der Waals surface area contributed by atoms with Crippen molar-refractivity contribution in [3.8, 4) is 0 Å². The van der Waals surface area contributed by atoms with Gasteiger partial charge in [0.25, 0.3) is 5.91 Å². The van der Waals surface area contributed by atoms with Gasteiger partial charge in [-0.15, -0.1) is 11.3 Å². The van der Waals surface area contributed by atoms with Gasteiger partial charge in [0.1, 0.15) is 6.04 Å². The van der Waals surface area contributed by atoms with Crippen molar-refractivity contribution in [3.05, 3.63) is 46.5 Å². The van der Waals surface area contributed by atoms with Crippen LogP contribution >= 0.6 is 11.3 Å². The zero-order chi connectivity index (χ0) is 16.9. The third kappa shape index (κ3) is 3.87. The molecule has 3 rings (SSSR count). The molecule has 0 spiro atoms. The lowest BCUT2D eigenvalue weighted by molar-refractivity contribution is -0.123. The molecule has 2 N–H and O–H groups in total. The molecule has 0 bridgehead atoms. The first kappa shape index (κ1) is 16.8. The van der Waals surface area contributed by atoms with E-state index in [0.717, 1.165) is 12.8 Å². The van der Waals surface area contributed by atoms with Crippen LogP contribution in [-0.4, -0.2) is 17.9 Å². The highest BCUT2D eigenvalue weighted by molar-refractivity contribution is 7.10. The van der Waals surface area contributed by atoms with Crippen LogP contribution in [-0.2, 0) is 4.79 Å². The van der Waals surface area contributed by atoms with Gasteiger partial charge in [-0.3, -0.25) is 9.59 Å². The third-order valence-corrected chi connectivity index (χ3v) is 5.46. The Morgan fingerprint density at radius 3 is 2.62 bits per heavy atom. The molecular formula is C18H22N2O3S. The first-order chi connectivity index (χ1) is 11.6. The van der Waals surface area contributed by atoms with Crippen LogP contribution in [0, 0.1) is 5.92 Å². The number of hydrogen-bond acceptors (Lipinski definition) is 4. The van der Waals surface area contributed by atoms with E-state index in [2.05, 4.69) is 16.7 Å². The number of carbonyl (C=O) groups is 2. The number of furan rings is 1. The summed E-state index contributed by atoms with van der Waals surface area (Å²) in [6.45, 7) is 1.69. The van der Waals surface area contributed by atoms with Crippen LogP contribution in [0.15, 0.2) is 40.3 Å². The van der Waals surface area contributed by atoms with Gasteiger partial charge < -0.3 is 15.1 Å². The number of carbonyl (C=O) groups excluding carboxylic acids is 2. The highest BCUT2D eigenvalue weighted by atomic mass is 32.1. The number of nitrogens with one attached hydrogen (secondary N) is 2. The average molecular weight is 346 g/mol. The van der Waals surface area contributed by atoms with Crippen LogP contribution < -0.4 is 10.6 Å². The SMILES string of the molecule is C[C@@H](NC(=O)c1ccco1)C(=O)N[C@H](c1cccs1)C1CCCC1. The van der Waals surface area contributed by atoms with Crippen molar-refractivity contribution in [1.82, 2.24) is 10.6 Å². The molecule has 24 heavy (non-hydrogen) atoms. The molecule has 2 aromatic heterocycles. The summed E-state index contributed by atoms with van der Waals surface area (Å²) in [6.07, 6.45) is 6.14. The number of amides is 2. The Hall–Kier alpha value is -2.08. The predicted octanol–water partition coefficient (Wildman–Crippen LogP) is 3.51. The summed E-state index contributed by atoms with van der Waals surface area (Å²) in [6, 6.07) is 6.71. The second-order valence-electron chi connectivity index (χ2n) is 6.22. The van der Waals surface area contributed by atoms with E-state index in [-0.39, 0.29) is 23.6 Å². The van der Waals surface area contributed by atoms with Crippen molar-refractivity contribution >= 4 is 23.2 Å². The normalized spacial score (nSPS) is 17.4. The van der Waals surface area contributed by atoms with E-state index in [1.54, 1.807) is 30.4 Å². The third-order valence-electron chi connectivity index (χ3n) is 4.50. The molecule has 128 valence electrons. The van der Waals surface area contributed by atoms with E-state index in [9.17, 15) is 9.59 Å². The lowest BCUT2D eigenvalue weighted by Crippen LogP contribution is -2.46. The molecule has 2 amide bonds. The molecule has 5 nitrogen and oxygen atoms in total. The summed E-state index contributed by atoms with van der Waals surface area (Å²) in [5, 5.41) is 7.85. The second-order valence-corrected chi connectivity index (χ2v) is 7.20. The first-order valence-corrected chi connectivity index (χ1v) is 9.21. The maximum Gasteiger partial charge on any atom is 0.287 e. The molecule has 6 heteroatoms. The first-order valence-electron chi connectivity index (χ1n) is 8.33. The molecule has 0 saturated heterocycles. The fraction of sp³-hybridized carbons (Fsp3) is 0.444. The summed E-state index contributed by atoms with van der Waals surface area (Å²) in [5.41, 5.74) is 0. The molecule has 0 aromatic carbocycles. The fourth-order valence-electron chi connectivity index (χ4n) is 3.20. The van der Waals surface area contributed by atoms with E-state index >= 15 is 0 Å².